The number of aromatic hydroxyl groups is 1. The van der Waals surface area contributed by atoms with Crippen molar-refractivity contribution in [2.45, 2.75) is 0 Å². The summed E-state index contributed by atoms with van der Waals surface area (Å²) in [4.78, 5) is 0. The van der Waals surface area contributed by atoms with E-state index in [0.29, 0.717) is 0 Å². The quantitative estimate of drug-likeness (QED) is 0.425. The third-order valence-corrected chi connectivity index (χ3v) is 3.44. The summed E-state index contributed by atoms with van der Waals surface area (Å²) in [6.07, 6.45) is 0. The molecule has 1 aromatic rings. The van der Waals surface area contributed by atoms with E-state index in [1.165, 1.54) is 0 Å². The molecule has 0 radical (unpaired) electrons. The smallest absolute Gasteiger partial charge is 1.00 e. The van der Waals surface area contributed by atoms with Crippen molar-refractivity contribution >= 4 is 95.7 Å². The van der Waals surface area contributed by atoms with E-state index in [2.05, 4.69) is 0 Å². The zero-order valence-electron chi connectivity index (χ0n) is 8.04. The molecule has 0 aliphatic rings. The van der Waals surface area contributed by atoms with E-state index in [0.717, 1.165) is 0 Å². The normalized spacial score (nSPS) is 9.62. The second-order valence-electron chi connectivity index (χ2n) is 1.92. The van der Waals surface area contributed by atoms with Crippen LogP contribution in [0, 0.1) is 0 Å². The van der Waals surface area contributed by atoms with Gasteiger partial charge in [-0.1, -0.05) is 58.0 Å². The Kier molecular flexibility index (Phi) is 6.48. The number of halogens is 5. The van der Waals surface area contributed by atoms with Gasteiger partial charge in [0.05, 0.1) is 15.1 Å². The maximum absolute atomic E-state index is 9.20. The van der Waals surface area contributed by atoms with Crippen molar-refractivity contribution in [3.8, 4) is 5.75 Å². The summed E-state index contributed by atoms with van der Waals surface area (Å²) in [5, 5.41) is 9.01. The molecule has 0 aromatic heterocycles. The molecule has 0 heterocycles. The van der Waals surface area contributed by atoms with Gasteiger partial charge in [0.25, 0.3) is 0 Å². The number of phenols is 1. The van der Waals surface area contributed by atoms with E-state index in [-0.39, 0.29) is 71.5 Å². The Labute approximate surface area is 133 Å². The van der Waals surface area contributed by atoms with Gasteiger partial charge in [0.15, 0.2) is 5.75 Å². The van der Waals surface area contributed by atoms with E-state index in [9.17, 15) is 5.11 Å². The molecule has 1 aromatic carbocycles. The van der Waals surface area contributed by atoms with E-state index in [1.807, 2.05) is 0 Å². The van der Waals surface area contributed by atoms with Crippen LogP contribution < -0.4 is 0 Å². The fourth-order valence-corrected chi connectivity index (χ4v) is 1.72. The average Bonchev–Trinajstić information content (AvgIpc) is 2.08. The van der Waals surface area contributed by atoms with Crippen LogP contribution in [0.3, 0.4) is 0 Å². The van der Waals surface area contributed by atoms with Crippen LogP contribution in [-0.4, -0.2) is 42.8 Å². The van der Waals surface area contributed by atoms with Gasteiger partial charge in [-0.15, -0.1) is 0 Å². The van der Waals surface area contributed by atoms with Gasteiger partial charge in [0.1, 0.15) is 10.0 Å². The van der Waals surface area contributed by atoms with Crippen LogP contribution >= 0.6 is 58.0 Å². The van der Waals surface area contributed by atoms with Crippen molar-refractivity contribution in [1.82, 2.24) is 0 Å². The first-order valence-electron chi connectivity index (χ1n) is 2.67. The van der Waals surface area contributed by atoms with Crippen LogP contribution in [0.4, 0.5) is 0 Å². The Morgan fingerprint density at radius 1 is 0.692 bits per heavy atom. The molecular formula is C6H3CaCl5O. The van der Waals surface area contributed by atoms with E-state index < -0.39 is 0 Å². The first-order chi connectivity index (χ1) is 5.46. The van der Waals surface area contributed by atoms with Crippen LogP contribution in [-0.2, 0) is 0 Å². The number of rotatable bonds is 0. The minimum Gasteiger partial charge on any atom is -1.00 e. The summed E-state index contributed by atoms with van der Waals surface area (Å²) in [5.41, 5.74) is 0. The molecular weight excluding hydrogens is 305 g/mol. The molecule has 0 fully saturated rings. The van der Waals surface area contributed by atoms with E-state index >= 15 is 0 Å². The Morgan fingerprint density at radius 3 is 1.23 bits per heavy atom. The Hall–Kier alpha value is 1.73. The predicted octanol–water partition coefficient (Wildman–Crippen LogP) is 4.50. The summed E-state index contributed by atoms with van der Waals surface area (Å²) in [6, 6.07) is 0. The minimum atomic E-state index is -0.363. The molecule has 0 aliphatic carbocycles. The van der Waals surface area contributed by atoms with Crippen LogP contribution in [0.5, 0.6) is 5.75 Å². The zero-order chi connectivity index (χ0) is 9.46. The fourth-order valence-electron chi connectivity index (χ4n) is 0.593. The molecule has 0 atom stereocenters. The Morgan fingerprint density at radius 2 is 0.923 bits per heavy atom. The van der Waals surface area contributed by atoms with Crippen molar-refractivity contribution < 1.29 is 7.96 Å². The second-order valence-corrected chi connectivity index (χ2v) is 3.81. The third-order valence-electron chi connectivity index (χ3n) is 1.19. The van der Waals surface area contributed by atoms with Gasteiger partial charge < -0.3 is 7.96 Å². The first-order valence-corrected chi connectivity index (χ1v) is 4.56. The van der Waals surface area contributed by atoms with Crippen LogP contribution in [0.1, 0.15) is 2.85 Å². The average molecular weight is 308 g/mol. The minimum absolute atomic E-state index is 0. The number of benzene rings is 1. The van der Waals surface area contributed by atoms with Gasteiger partial charge in [-0.2, -0.15) is 0 Å². The van der Waals surface area contributed by atoms with Gasteiger partial charge in [0, 0.05) is 0 Å². The zero-order valence-corrected chi connectivity index (χ0v) is 12.0. The van der Waals surface area contributed by atoms with E-state index in [4.69, 9.17) is 58.0 Å². The van der Waals surface area contributed by atoms with Crippen molar-refractivity contribution in [3.63, 3.8) is 0 Å². The molecule has 0 saturated heterocycles. The molecule has 0 spiro atoms. The molecule has 0 saturated carbocycles. The van der Waals surface area contributed by atoms with E-state index in [1.54, 1.807) is 0 Å². The number of phenolic OH excluding ortho intramolecular Hbond substituents is 1. The van der Waals surface area contributed by atoms with Crippen LogP contribution in [0.2, 0.25) is 25.1 Å². The monoisotopic (exact) mass is 306 g/mol. The molecule has 0 aliphatic heterocycles. The Balaban J connectivity index is -0.000000480. The van der Waals surface area contributed by atoms with Gasteiger partial charge in [-0.25, -0.2) is 0 Å². The first kappa shape index (κ1) is 14.7. The molecule has 0 amide bonds. The molecule has 1 nitrogen and oxygen atoms in total. The molecule has 0 unspecified atom stereocenters. The summed E-state index contributed by atoms with van der Waals surface area (Å²) in [5.74, 6) is -0.363. The molecule has 1 N–H and O–H groups in total. The molecule has 7 heteroatoms. The molecule has 0 bridgehead atoms. The topological polar surface area (TPSA) is 20.2 Å². The summed E-state index contributed by atoms with van der Waals surface area (Å²) >= 11 is 27.9. The molecule has 70 valence electrons. The second kappa shape index (κ2) is 5.72. The molecule has 13 heavy (non-hydrogen) atoms. The van der Waals surface area contributed by atoms with Crippen LogP contribution in [0.25, 0.3) is 0 Å². The number of hydrogen-bond donors (Lipinski definition) is 1. The van der Waals surface area contributed by atoms with Gasteiger partial charge >= 0.3 is 37.7 Å². The van der Waals surface area contributed by atoms with Crippen molar-refractivity contribution in [2.24, 2.45) is 0 Å². The maximum atomic E-state index is 9.20. The molecule has 1 rings (SSSR count). The van der Waals surface area contributed by atoms with Crippen molar-refractivity contribution in [1.29, 1.82) is 0 Å². The Bertz CT molecular complexity index is 244. The number of hydrogen-bond acceptors (Lipinski definition) is 1. The van der Waals surface area contributed by atoms with Gasteiger partial charge in [0.2, 0.25) is 0 Å². The maximum Gasteiger partial charge on any atom is 2.00 e. The largest absolute Gasteiger partial charge is 2.00 e. The van der Waals surface area contributed by atoms with Gasteiger partial charge in [-0.3, -0.25) is 0 Å². The third kappa shape index (κ3) is 2.85. The van der Waals surface area contributed by atoms with Gasteiger partial charge in [-0.05, 0) is 0 Å². The predicted molar refractivity (Wildman–Crippen MR) is 61.1 cm³/mol. The SMILES string of the molecule is Oc1c(Cl)c(Cl)c(Cl)c(Cl)c1Cl.[Ca+2].[H-].[H-]. The van der Waals surface area contributed by atoms with Crippen molar-refractivity contribution in [2.75, 3.05) is 0 Å². The summed E-state index contributed by atoms with van der Waals surface area (Å²) in [6.45, 7) is 0. The summed E-state index contributed by atoms with van der Waals surface area (Å²) < 4.78 is 0. The standard InChI is InChI=1S/C6HCl5O.Ca.2H/c7-1-2(8)4(10)6(12)5(11)3(1)9;;;/h12H;;;/q;+2;2*-1. The fraction of sp³-hybridized carbons (Fsp3) is 0. The van der Waals surface area contributed by atoms with Crippen molar-refractivity contribution in [3.05, 3.63) is 25.1 Å². The van der Waals surface area contributed by atoms with Crippen LogP contribution in [0.15, 0.2) is 0 Å². The summed E-state index contributed by atoms with van der Waals surface area (Å²) in [7, 11) is 0.